The summed E-state index contributed by atoms with van der Waals surface area (Å²) < 4.78 is 0. The van der Waals surface area contributed by atoms with E-state index in [0.29, 0.717) is 6.54 Å². The molecule has 1 aromatic rings. The minimum Gasteiger partial charge on any atom is -0.387 e. The molecule has 0 aliphatic heterocycles. The summed E-state index contributed by atoms with van der Waals surface area (Å²) in [7, 11) is 0. The molecule has 2 N–H and O–H groups in total. The van der Waals surface area contributed by atoms with Gasteiger partial charge in [0.25, 0.3) is 0 Å². The number of nitrogens with zero attached hydrogens (tertiary/aromatic N) is 1. The zero-order valence-corrected chi connectivity index (χ0v) is 6.60. The molecule has 0 aliphatic carbocycles. The lowest BCUT2D eigenvalue weighted by molar-refractivity contribution is -0.123. The van der Waals surface area contributed by atoms with Gasteiger partial charge >= 0.3 is 0 Å². The van der Waals surface area contributed by atoms with Crippen LogP contribution in [-0.4, -0.2) is 22.6 Å². The van der Waals surface area contributed by atoms with Crippen LogP contribution in [0.1, 0.15) is 5.01 Å². The molecule has 1 rings (SSSR count). The predicted molar refractivity (Wildman–Crippen MR) is 41.0 cm³/mol. The molecule has 1 aromatic heterocycles. The number of aliphatic hydroxyl groups is 1. The Hall–Kier alpha value is -0.940. The van der Waals surface area contributed by atoms with Gasteiger partial charge in [-0.25, -0.2) is 4.98 Å². The van der Waals surface area contributed by atoms with Crippen LogP contribution in [0.15, 0.2) is 11.6 Å². The monoisotopic (exact) mass is 172 g/mol. The molecule has 5 heteroatoms. The summed E-state index contributed by atoms with van der Waals surface area (Å²) in [6.07, 6.45) is 1.67. The van der Waals surface area contributed by atoms with Crippen molar-refractivity contribution in [3.05, 3.63) is 16.6 Å². The zero-order valence-electron chi connectivity index (χ0n) is 5.78. The molecule has 60 valence electrons. The molecule has 0 radical (unpaired) electrons. The third kappa shape index (κ3) is 2.65. The standard InChI is InChI=1S/C6H8N2O2S/c9-4-5(10)8-3-6-7-1-2-11-6/h1-2,9H,3-4H2,(H,8,10). The van der Waals surface area contributed by atoms with Crippen molar-refractivity contribution in [2.45, 2.75) is 6.54 Å². The van der Waals surface area contributed by atoms with Crippen LogP contribution in [0.25, 0.3) is 0 Å². The summed E-state index contributed by atoms with van der Waals surface area (Å²) in [6.45, 7) is -0.0670. The molecular formula is C6H8N2O2S. The van der Waals surface area contributed by atoms with Crippen LogP contribution in [0.5, 0.6) is 0 Å². The largest absolute Gasteiger partial charge is 0.387 e. The van der Waals surface area contributed by atoms with Crippen molar-refractivity contribution in [1.82, 2.24) is 10.3 Å². The van der Waals surface area contributed by atoms with Crippen LogP contribution >= 0.6 is 11.3 Å². The van der Waals surface area contributed by atoms with Crippen molar-refractivity contribution < 1.29 is 9.90 Å². The fraction of sp³-hybridized carbons (Fsp3) is 0.333. The zero-order chi connectivity index (χ0) is 8.10. The summed E-state index contributed by atoms with van der Waals surface area (Å²) in [5, 5.41) is 13.5. The van der Waals surface area contributed by atoms with Crippen LogP contribution < -0.4 is 5.32 Å². The number of amides is 1. The minimum absolute atomic E-state index is 0.375. The first-order chi connectivity index (χ1) is 5.33. The molecule has 0 atom stereocenters. The lowest BCUT2D eigenvalue weighted by Crippen LogP contribution is -2.25. The third-order valence-electron chi connectivity index (χ3n) is 1.06. The van der Waals surface area contributed by atoms with E-state index in [1.165, 1.54) is 11.3 Å². The fourth-order valence-electron chi connectivity index (χ4n) is 0.570. The molecule has 0 saturated heterocycles. The summed E-state index contributed by atoms with van der Waals surface area (Å²) in [5.41, 5.74) is 0. The summed E-state index contributed by atoms with van der Waals surface area (Å²) >= 11 is 1.47. The molecule has 0 fully saturated rings. The molecule has 0 bridgehead atoms. The third-order valence-corrected chi connectivity index (χ3v) is 1.84. The van der Waals surface area contributed by atoms with Crippen LogP contribution in [0.3, 0.4) is 0 Å². The van der Waals surface area contributed by atoms with Crippen LogP contribution in [0, 0.1) is 0 Å². The summed E-state index contributed by atoms with van der Waals surface area (Å²) in [6, 6.07) is 0. The highest BCUT2D eigenvalue weighted by molar-refractivity contribution is 7.09. The van der Waals surface area contributed by atoms with E-state index in [0.717, 1.165) is 5.01 Å². The molecule has 1 heterocycles. The molecular weight excluding hydrogens is 164 g/mol. The highest BCUT2D eigenvalue weighted by Gasteiger charge is 1.98. The molecule has 4 nitrogen and oxygen atoms in total. The number of rotatable bonds is 3. The number of hydrogen-bond donors (Lipinski definition) is 2. The van der Waals surface area contributed by atoms with Crippen LogP contribution in [-0.2, 0) is 11.3 Å². The number of carbonyl (C=O) groups excluding carboxylic acids is 1. The Kier molecular flexibility index (Phi) is 3.00. The quantitative estimate of drug-likeness (QED) is 0.661. The number of nitrogens with one attached hydrogen (secondary N) is 1. The molecule has 0 aromatic carbocycles. The second-order valence-corrected chi connectivity index (χ2v) is 2.84. The van der Waals surface area contributed by atoms with E-state index < -0.39 is 6.61 Å². The molecule has 0 unspecified atom stereocenters. The van der Waals surface area contributed by atoms with Gasteiger partial charge in [0.1, 0.15) is 11.6 Å². The number of aromatic nitrogens is 1. The van der Waals surface area contributed by atoms with Crippen molar-refractivity contribution >= 4 is 17.2 Å². The maximum absolute atomic E-state index is 10.5. The Balaban J connectivity index is 2.29. The van der Waals surface area contributed by atoms with Gasteiger partial charge in [0.05, 0.1) is 6.54 Å². The van der Waals surface area contributed by atoms with Gasteiger partial charge in [-0.3, -0.25) is 4.79 Å². The van der Waals surface area contributed by atoms with Crippen molar-refractivity contribution in [3.8, 4) is 0 Å². The Labute approximate surface area is 67.9 Å². The molecule has 0 aliphatic rings. The van der Waals surface area contributed by atoms with Gasteiger partial charge in [0, 0.05) is 11.6 Å². The fourth-order valence-corrected chi connectivity index (χ4v) is 1.13. The van der Waals surface area contributed by atoms with Gasteiger partial charge in [-0.05, 0) is 0 Å². The highest BCUT2D eigenvalue weighted by atomic mass is 32.1. The van der Waals surface area contributed by atoms with Crippen molar-refractivity contribution in [2.75, 3.05) is 6.61 Å². The average molecular weight is 172 g/mol. The number of thiazole rings is 1. The Morgan fingerprint density at radius 2 is 2.64 bits per heavy atom. The summed E-state index contributed by atoms with van der Waals surface area (Å²) in [4.78, 5) is 14.5. The smallest absolute Gasteiger partial charge is 0.246 e. The lowest BCUT2D eigenvalue weighted by Gasteiger charge is -1.97. The molecule has 0 saturated carbocycles. The van der Waals surface area contributed by atoms with E-state index in [1.54, 1.807) is 6.20 Å². The van der Waals surface area contributed by atoms with Crippen molar-refractivity contribution in [3.63, 3.8) is 0 Å². The van der Waals surface area contributed by atoms with Gasteiger partial charge < -0.3 is 10.4 Å². The Morgan fingerprint density at radius 1 is 1.82 bits per heavy atom. The van der Waals surface area contributed by atoms with Crippen LogP contribution in [0.2, 0.25) is 0 Å². The van der Waals surface area contributed by atoms with Crippen molar-refractivity contribution in [1.29, 1.82) is 0 Å². The Bertz CT molecular complexity index is 222. The Morgan fingerprint density at radius 3 is 3.18 bits per heavy atom. The minimum atomic E-state index is -0.467. The van der Waals surface area contributed by atoms with E-state index in [-0.39, 0.29) is 5.91 Å². The van der Waals surface area contributed by atoms with Crippen LogP contribution in [0.4, 0.5) is 0 Å². The van der Waals surface area contributed by atoms with E-state index >= 15 is 0 Å². The van der Waals surface area contributed by atoms with E-state index in [4.69, 9.17) is 5.11 Å². The van der Waals surface area contributed by atoms with E-state index in [9.17, 15) is 4.79 Å². The SMILES string of the molecule is O=C(CO)NCc1nccs1. The maximum Gasteiger partial charge on any atom is 0.246 e. The topological polar surface area (TPSA) is 62.2 Å². The molecule has 0 spiro atoms. The second kappa shape index (κ2) is 4.05. The van der Waals surface area contributed by atoms with Gasteiger partial charge in [-0.2, -0.15) is 0 Å². The van der Waals surface area contributed by atoms with Crippen molar-refractivity contribution in [2.24, 2.45) is 0 Å². The number of aliphatic hydroxyl groups excluding tert-OH is 1. The van der Waals surface area contributed by atoms with E-state index in [2.05, 4.69) is 10.3 Å². The number of carbonyl (C=O) groups is 1. The maximum atomic E-state index is 10.5. The first-order valence-corrected chi connectivity index (χ1v) is 3.97. The molecule has 11 heavy (non-hydrogen) atoms. The van der Waals surface area contributed by atoms with E-state index in [1.807, 2.05) is 5.38 Å². The predicted octanol–water partition coefficient (Wildman–Crippen LogP) is -0.248. The first kappa shape index (κ1) is 8.16. The highest BCUT2D eigenvalue weighted by Crippen LogP contribution is 2.01. The summed E-state index contributed by atoms with van der Waals surface area (Å²) in [5.74, 6) is -0.375. The average Bonchev–Trinajstić information content (AvgIpc) is 2.52. The van der Waals surface area contributed by atoms with Gasteiger partial charge in [-0.15, -0.1) is 11.3 Å². The molecule has 1 amide bonds. The first-order valence-electron chi connectivity index (χ1n) is 3.09. The van der Waals surface area contributed by atoms with Gasteiger partial charge in [-0.1, -0.05) is 0 Å². The lowest BCUT2D eigenvalue weighted by atomic mass is 10.6. The van der Waals surface area contributed by atoms with Gasteiger partial charge in [0.2, 0.25) is 5.91 Å². The number of hydrogen-bond acceptors (Lipinski definition) is 4. The van der Waals surface area contributed by atoms with Gasteiger partial charge in [0.15, 0.2) is 0 Å². The second-order valence-electron chi connectivity index (χ2n) is 1.86. The normalized spacial score (nSPS) is 9.55.